The number of allylic oxidation sites excluding steroid dienone is 1. The van der Waals surface area contributed by atoms with Gasteiger partial charge in [-0.05, 0) is 44.9 Å². The van der Waals surface area contributed by atoms with Gasteiger partial charge in [0.15, 0.2) is 12.0 Å². The van der Waals surface area contributed by atoms with Gasteiger partial charge in [0.2, 0.25) is 5.91 Å². The summed E-state index contributed by atoms with van der Waals surface area (Å²) in [6, 6.07) is -0.824. The van der Waals surface area contributed by atoms with Crippen molar-refractivity contribution >= 4 is 5.91 Å². The molecule has 2 rings (SSSR count). The van der Waals surface area contributed by atoms with Crippen LogP contribution < -0.4 is 5.32 Å². The molecule has 11 heteroatoms. The Hall–Kier alpha value is -1.91. The van der Waals surface area contributed by atoms with E-state index in [0.29, 0.717) is 6.42 Å². The van der Waals surface area contributed by atoms with Gasteiger partial charge in [0.05, 0.1) is 25.4 Å². The van der Waals surface area contributed by atoms with E-state index in [-0.39, 0.29) is 18.2 Å². The van der Waals surface area contributed by atoms with Crippen LogP contribution in [0.1, 0.15) is 155 Å². The van der Waals surface area contributed by atoms with Gasteiger partial charge in [-0.15, -0.1) is 12.3 Å². The molecular weight excluding hydrogens is 638 g/mol. The second-order valence-electron chi connectivity index (χ2n) is 14.3. The van der Waals surface area contributed by atoms with Gasteiger partial charge >= 0.3 is 0 Å². The van der Waals surface area contributed by atoms with Gasteiger partial charge < -0.3 is 40.3 Å². The molecule has 6 N–H and O–H groups in total. The van der Waals surface area contributed by atoms with Crippen molar-refractivity contribution in [2.24, 2.45) is 10.2 Å². The lowest BCUT2D eigenvalue weighted by atomic mass is 9.98. The molecule has 7 atom stereocenters. The molecular formula is C39H69N3O8. The van der Waals surface area contributed by atoms with E-state index < -0.39 is 49.5 Å². The minimum atomic E-state index is -1.58. The fraction of sp³-hybridized carbons (Fsp3) is 0.872. The van der Waals surface area contributed by atoms with Crippen molar-refractivity contribution in [2.75, 3.05) is 13.2 Å². The summed E-state index contributed by atoms with van der Waals surface area (Å²) >= 11 is 0. The fourth-order valence-electron chi connectivity index (χ4n) is 6.47. The number of terminal acetylenes is 1. The van der Waals surface area contributed by atoms with Crippen molar-refractivity contribution in [3.63, 3.8) is 0 Å². The summed E-state index contributed by atoms with van der Waals surface area (Å²) in [5.41, 5.74) is -0.176. The first-order chi connectivity index (χ1) is 24.3. The average molecular weight is 708 g/mol. The van der Waals surface area contributed by atoms with Gasteiger partial charge in [0.1, 0.15) is 24.4 Å². The summed E-state index contributed by atoms with van der Waals surface area (Å²) in [5.74, 6) is 2.46. The number of unbranched alkanes of at least 4 members (excludes halogenated alkanes) is 17. The van der Waals surface area contributed by atoms with Crippen LogP contribution in [0.25, 0.3) is 0 Å². The molecule has 11 nitrogen and oxygen atoms in total. The SMILES string of the molecule is C#CCCCC1(CCCCCCCCC(=O)N[C@H](CO[C@@H]2OC(CO)[C@H](O)C(O)[C@@H]2O)[C@@H](O)/C=C/CCCCCCCCCCCCC)N=N1. The van der Waals surface area contributed by atoms with Gasteiger partial charge in [-0.25, -0.2) is 0 Å². The monoisotopic (exact) mass is 708 g/mol. The zero-order valence-electron chi connectivity index (χ0n) is 30.8. The molecule has 2 unspecified atom stereocenters. The Labute approximate surface area is 301 Å². The molecule has 2 aliphatic rings. The molecule has 1 saturated heterocycles. The second kappa shape index (κ2) is 26.8. The number of carbonyl (C=O) groups excluding carboxylic acids is 1. The Morgan fingerprint density at radius 2 is 1.44 bits per heavy atom. The lowest BCUT2D eigenvalue weighted by molar-refractivity contribution is -0.302. The summed E-state index contributed by atoms with van der Waals surface area (Å²) in [4.78, 5) is 12.9. The highest BCUT2D eigenvalue weighted by Crippen LogP contribution is 2.38. The van der Waals surface area contributed by atoms with Crippen LogP contribution in [-0.4, -0.2) is 93.2 Å². The molecule has 0 aliphatic carbocycles. The lowest BCUT2D eigenvalue weighted by Gasteiger charge is -2.40. The topological polar surface area (TPSA) is 173 Å². The molecule has 50 heavy (non-hydrogen) atoms. The summed E-state index contributed by atoms with van der Waals surface area (Å²) in [6.07, 6.45) is 25.4. The van der Waals surface area contributed by atoms with Crippen LogP contribution in [0.3, 0.4) is 0 Å². The summed E-state index contributed by atoms with van der Waals surface area (Å²) < 4.78 is 11.1. The van der Waals surface area contributed by atoms with Crippen LogP contribution in [0.4, 0.5) is 0 Å². The maximum Gasteiger partial charge on any atom is 0.220 e. The Bertz CT molecular complexity index is 981. The zero-order chi connectivity index (χ0) is 36.5. The normalized spacial score (nSPS) is 23.9. The molecule has 2 heterocycles. The van der Waals surface area contributed by atoms with Crippen molar-refractivity contribution in [2.45, 2.75) is 203 Å². The minimum Gasteiger partial charge on any atom is -0.394 e. The Kier molecular flexibility index (Phi) is 23.7. The van der Waals surface area contributed by atoms with Crippen LogP contribution in [-0.2, 0) is 14.3 Å². The molecule has 2 aliphatic heterocycles. The van der Waals surface area contributed by atoms with Crippen LogP contribution in [0.2, 0.25) is 0 Å². The Balaban J connectivity index is 1.72. The second-order valence-corrected chi connectivity index (χ2v) is 14.3. The van der Waals surface area contributed by atoms with E-state index in [1.54, 1.807) is 6.08 Å². The molecule has 0 spiro atoms. The van der Waals surface area contributed by atoms with Crippen LogP contribution in [0.5, 0.6) is 0 Å². The van der Waals surface area contributed by atoms with Gasteiger partial charge in [0, 0.05) is 12.8 Å². The predicted octanol–water partition coefficient (Wildman–Crippen LogP) is 5.99. The first-order valence-electron chi connectivity index (χ1n) is 19.7. The maximum absolute atomic E-state index is 12.9. The molecule has 0 aromatic heterocycles. The van der Waals surface area contributed by atoms with Gasteiger partial charge in [-0.1, -0.05) is 109 Å². The number of ether oxygens (including phenoxy) is 2. The molecule has 0 saturated carbocycles. The average Bonchev–Trinajstić information content (AvgIpc) is 3.89. The minimum absolute atomic E-state index is 0.176. The van der Waals surface area contributed by atoms with E-state index in [0.717, 1.165) is 83.5 Å². The highest BCUT2D eigenvalue weighted by atomic mass is 16.7. The largest absolute Gasteiger partial charge is 0.394 e. The molecule has 0 aromatic rings. The zero-order valence-corrected chi connectivity index (χ0v) is 30.8. The van der Waals surface area contributed by atoms with E-state index in [1.807, 2.05) is 6.08 Å². The first kappa shape index (κ1) is 44.3. The Morgan fingerprint density at radius 1 is 0.860 bits per heavy atom. The molecule has 1 amide bonds. The van der Waals surface area contributed by atoms with Crippen molar-refractivity contribution in [3.8, 4) is 12.3 Å². The number of rotatable bonds is 31. The number of aliphatic hydroxyl groups excluding tert-OH is 5. The summed E-state index contributed by atoms with van der Waals surface area (Å²) in [5, 5.41) is 62.4. The lowest BCUT2D eigenvalue weighted by Crippen LogP contribution is -2.60. The van der Waals surface area contributed by atoms with Crippen LogP contribution in [0, 0.1) is 12.3 Å². The fourth-order valence-corrected chi connectivity index (χ4v) is 6.47. The number of nitrogens with one attached hydrogen (secondary N) is 1. The van der Waals surface area contributed by atoms with E-state index in [2.05, 4.69) is 28.4 Å². The van der Waals surface area contributed by atoms with E-state index >= 15 is 0 Å². The number of carbonyl (C=O) groups is 1. The third kappa shape index (κ3) is 18.5. The number of hydrogen-bond acceptors (Lipinski definition) is 10. The highest BCUT2D eigenvalue weighted by molar-refractivity contribution is 5.76. The van der Waals surface area contributed by atoms with E-state index in [9.17, 15) is 30.3 Å². The third-order valence-electron chi connectivity index (χ3n) is 9.87. The molecule has 0 bridgehead atoms. The van der Waals surface area contributed by atoms with Crippen molar-refractivity contribution < 1.29 is 39.8 Å². The number of nitrogens with zero attached hydrogens (tertiary/aromatic N) is 2. The molecule has 0 radical (unpaired) electrons. The van der Waals surface area contributed by atoms with Crippen molar-refractivity contribution in [1.82, 2.24) is 5.32 Å². The van der Waals surface area contributed by atoms with Gasteiger partial charge in [-0.2, -0.15) is 10.2 Å². The van der Waals surface area contributed by atoms with E-state index in [1.165, 1.54) is 57.8 Å². The number of amides is 1. The van der Waals surface area contributed by atoms with Crippen molar-refractivity contribution in [1.29, 1.82) is 0 Å². The predicted molar refractivity (Wildman–Crippen MR) is 195 cm³/mol. The maximum atomic E-state index is 12.9. The Morgan fingerprint density at radius 3 is 2.04 bits per heavy atom. The molecule has 288 valence electrons. The highest BCUT2D eigenvalue weighted by Gasteiger charge is 2.44. The number of hydrogen-bond donors (Lipinski definition) is 6. The third-order valence-corrected chi connectivity index (χ3v) is 9.87. The van der Waals surface area contributed by atoms with Crippen molar-refractivity contribution in [3.05, 3.63) is 12.2 Å². The summed E-state index contributed by atoms with van der Waals surface area (Å²) in [6.45, 7) is 1.46. The standard InChI is InChI=1S/C39H69N3O8/c1-3-5-7-8-9-10-11-12-13-14-15-18-21-25-32(44)31(30-49-38-37(48)36(47)35(46)33(29-43)50-38)40-34(45)26-22-19-16-17-20-24-28-39(41-42-39)27-23-6-4-2/h2,21,25,31-33,35-38,43-44,46-48H,3,5-20,22-24,26-30H2,1H3,(H,40,45)/b25-21+/t31-,32+,33?,35+,36?,37+,38-/m1/s1. The van der Waals surface area contributed by atoms with Crippen LogP contribution >= 0.6 is 0 Å². The molecule has 1 fully saturated rings. The first-order valence-corrected chi connectivity index (χ1v) is 19.7. The quantitative estimate of drug-likeness (QED) is 0.0290. The van der Waals surface area contributed by atoms with Gasteiger partial charge in [-0.3, -0.25) is 4.79 Å². The van der Waals surface area contributed by atoms with Gasteiger partial charge in [0.25, 0.3) is 0 Å². The molecule has 0 aromatic carbocycles. The number of aliphatic hydroxyl groups is 5. The van der Waals surface area contributed by atoms with Crippen LogP contribution in [0.15, 0.2) is 22.4 Å². The van der Waals surface area contributed by atoms with E-state index in [4.69, 9.17) is 15.9 Å². The smallest absolute Gasteiger partial charge is 0.220 e. The summed E-state index contributed by atoms with van der Waals surface area (Å²) in [7, 11) is 0.